The van der Waals surface area contributed by atoms with Crippen LogP contribution in [0, 0.1) is 0 Å². The number of benzene rings is 3. The zero-order chi connectivity index (χ0) is 19.6. The summed E-state index contributed by atoms with van der Waals surface area (Å²) in [4.78, 5) is 19.8. The van der Waals surface area contributed by atoms with E-state index in [1.54, 1.807) is 6.20 Å². The summed E-state index contributed by atoms with van der Waals surface area (Å²) in [6.45, 7) is 1.41. The molecule has 142 valence electrons. The van der Waals surface area contributed by atoms with Crippen molar-refractivity contribution in [3.8, 4) is 17.0 Å². The van der Waals surface area contributed by atoms with E-state index in [0.29, 0.717) is 25.6 Å². The summed E-state index contributed by atoms with van der Waals surface area (Å²) in [7, 11) is 0. The normalized spacial score (nSPS) is 13.4. The van der Waals surface area contributed by atoms with Crippen LogP contribution in [0.2, 0.25) is 0 Å². The minimum atomic E-state index is 0.0149. The molecule has 4 nitrogen and oxygen atoms in total. The molecule has 4 heteroatoms. The summed E-state index contributed by atoms with van der Waals surface area (Å²) in [6.07, 6.45) is 1.77. The Morgan fingerprint density at radius 2 is 1.69 bits per heavy atom. The van der Waals surface area contributed by atoms with Crippen LogP contribution in [0.1, 0.15) is 15.9 Å². The summed E-state index contributed by atoms with van der Waals surface area (Å²) in [5, 5.41) is 2.04. The third-order valence-electron chi connectivity index (χ3n) is 5.36. The van der Waals surface area contributed by atoms with Crippen LogP contribution < -0.4 is 4.74 Å². The van der Waals surface area contributed by atoms with Crippen LogP contribution in [0.25, 0.3) is 21.9 Å². The van der Waals surface area contributed by atoms with E-state index >= 15 is 0 Å². The average molecular weight is 380 g/mol. The first kappa shape index (κ1) is 17.4. The standard InChI is InChI=1S/C25H20N2O2/c28-25(22-12-6-10-19-9-4-5-11-20(19)22)27-15-16-29-24-23(17-27)21(13-14-26-24)18-7-2-1-3-8-18/h1-14H,15-17H2. The van der Waals surface area contributed by atoms with E-state index in [-0.39, 0.29) is 5.91 Å². The fourth-order valence-corrected chi connectivity index (χ4v) is 3.92. The SMILES string of the molecule is O=C(c1cccc2ccccc12)N1CCOc2nccc(-c3ccccc3)c2C1. The van der Waals surface area contributed by atoms with Crippen molar-refractivity contribution >= 4 is 16.7 Å². The van der Waals surface area contributed by atoms with Gasteiger partial charge in [-0.25, -0.2) is 4.98 Å². The predicted octanol–water partition coefficient (Wildman–Crippen LogP) is 4.94. The molecule has 2 heterocycles. The first-order chi connectivity index (χ1) is 14.3. The molecule has 0 aliphatic carbocycles. The number of hydrogen-bond donors (Lipinski definition) is 0. The van der Waals surface area contributed by atoms with E-state index in [4.69, 9.17) is 4.74 Å². The van der Waals surface area contributed by atoms with Gasteiger partial charge in [0.05, 0.1) is 13.1 Å². The van der Waals surface area contributed by atoms with Crippen LogP contribution in [-0.2, 0) is 6.54 Å². The molecule has 0 radical (unpaired) electrons. The fourth-order valence-electron chi connectivity index (χ4n) is 3.92. The number of amides is 1. The van der Waals surface area contributed by atoms with Crippen molar-refractivity contribution in [2.45, 2.75) is 6.54 Å². The molecule has 1 aliphatic rings. The number of aromatic nitrogens is 1. The van der Waals surface area contributed by atoms with Gasteiger partial charge in [0.15, 0.2) is 0 Å². The molecule has 29 heavy (non-hydrogen) atoms. The van der Waals surface area contributed by atoms with Crippen molar-refractivity contribution in [2.24, 2.45) is 0 Å². The van der Waals surface area contributed by atoms with Crippen molar-refractivity contribution in [3.05, 3.63) is 96.2 Å². The van der Waals surface area contributed by atoms with Crippen LogP contribution in [-0.4, -0.2) is 28.9 Å². The Labute approximate surface area is 169 Å². The van der Waals surface area contributed by atoms with E-state index in [0.717, 1.165) is 33.0 Å². The summed E-state index contributed by atoms with van der Waals surface area (Å²) >= 11 is 0. The largest absolute Gasteiger partial charge is 0.476 e. The van der Waals surface area contributed by atoms with Crippen molar-refractivity contribution in [2.75, 3.05) is 13.2 Å². The van der Waals surface area contributed by atoms with E-state index in [1.165, 1.54) is 0 Å². The molecule has 1 aliphatic heterocycles. The molecule has 0 saturated heterocycles. The number of pyridine rings is 1. The molecule has 3 aromatic carbocycles. The van der Waals surface area contributed by atoms with Crippen LogP contribution in [0.3, 0.4) is 0 Å². The van der Waals surface area contributed by atoms with Crippen molar-refractivity contribution < 1.29 is 9.53 Å². The number of nitrogens with zero attached hydrogens (tertiary/aromatic N) is 2. The molecule has 0 fully saturated rings. The van der Waals surface area contributed by atoms with E-state index in [9.17, 15) is 4.79 Å². The van der Waals surface area contributed by atoms with E-state index < -0.39 is 0 Å². The quantitative estimate of drug-likeness (QED) is 0.495. The molecule has 0 atom stereocenters. The highest BCUT2D eigenvalue weighted by Gasteiger charge is 2.25. The molecule has 5 rings (SSSR count). The van der Waals surface area contributed by atoms with E-state index in [1.807, 2.05) is 71.6 Å². The maximum atomic E-state index is 13.5. The maximum Gasteiger partial charge on any atom is 0.254 e. The minimum Gasteiger partial charge on any atom is -0.476 e. The predicted molar refractivity (Wildman–Crippen MR) is 114 cm³/mol. The number of rotatable bonds is 2. The third kappa shape index (κ3) is 3.23. The smallest absolute Gasteiger partial charge is 0.254 e. The van der Waals surface area contributed by atoms with Crippen LogP contribution >= 0.6 is 0 Å². The maximum absolute atomic E-state index is 13.5. The zero-order valence-electron chi connectivity index (χ0n) is 15.9. The third-order valence-corrected chi connectivity index (χ3v) is 5.36. The molecule has 4 aromatic rings. The number of carbonyl (C=O) groups excluding carboxylic acids is 1. The molecule has 0 spiro atoms. The lowest BCUT2D eigenvalue weighted by Gasteiger charge is -2.22. The number of hydrogen-bond acceptors (Lipinski definition) is 3. The zero-order valence-corrected chi connectivity index (χ0v) is 15.9. The number of ether oxygens (including phenoxy) is 1. The number of fused-ring (bicyclic) bond motifs is 2. The lowest BCUT2D eigenvalue weighted by atomic mass is 10.00. The number of carbonyl (C=O) groups is 1. The van der Waals surface area contributed by atoms with Crippen molar-refractivity contribution in [1.82, 2.24) is 9.88 Å². The van der Waals surface area contributed by atoms with Crippen LogP contribution in [0.4, 0.5) is 0 Å². The molecule has 1 amide bonds. The van der Waals surface area contributed by atoms with Gasteiger partial charge in [-0.15, -0.1) is 0 Å². The average Bonchev–Trinajstić information content (AvgIpc) is 3.01. The highest BCUT2D eigenvalue weighted by molar-refractivity contribution is 6.07. The van der Waals surface area contributed by atoms with Gasteiger partial charge in [0.25, 0.3) is 5.91 Å². The Hall–Kier alpha value is -3.66. The summed E-state index contributed by atoms with van der Waals surface area (Å²) in [6, 6.07) is 26.0. The first-order valence-corrected chi connectivity index (χ1v) is 9.74. The van der Waals surface area contributed by atoms with Gasteiger partial charge in [0.2, 0.25) is 5.88 Å². The molecular weight excluding hydrogens is 360 g/mol. The summed E-state index contributed by atoms with van der Waals surface area (Å²) in [5.41, 5.74) is 3.81. The van der Waals surface area contributed by atoms with Crippen molar-refractivity contribution in [3.63, 3.8) is 0 Å². The highest BCUT2D eigenvalue weighted by atomic mass is 16.5. The van der Waals surface area contributed by atoms with E-state index in [2.05, 4.69) is 17.1 Å². The van der Waals surface area contributed by atoms with Gasteiger partial charge in [-0.3, -0.25) is 4.79 Å². The molecule has 0 N–H and O–H groups in total. The Morgan fingerprint density at radius 1 is 0.897 bits per heavy atom. The lowest BCUT2D eigenvalue weighted by Crippen LogP contribution is -2.32. The van der Waals surface area contributed by atoms with Gasteiger partial charge in [-0.2, -0.15) is 0 Å². The molecule has 0 unspecified atom stereocenters. The van der Waals surface area contributed by atoms with Crippen LogP contribution in [0.5, 0.6) is 5.88 Å². The highest BCUT2D eigenvalue weighted by Crippen LogP contribution is 2.32. The van der Waals surface area contributed by atoms with Gasteiger partial charge in [-0.1, -0.05) is 66.7 Å². The Morgan fingerprint density at radius 3 is 2.59 bits per heavy atom. The Balaban J connectivity index is 1.55. The van der Waals surface area contributed by atoms with Gasteiger partial charge >= 0.3 is 0 Å². The topological polar surface area (TPSA) is 42.4 Å². The molecule has 1 aromatic heterocycles. The minimum absolute atomic E-state index is 0.0149. The molecule has 0 saturated carbocycles. The second-order valence-corrected chi connectivity index (χ2v) is 7.11. The van der Waals surface area contributed by atoms with Gasteiger partial charge in [0, 0.05) is 17.3 Å². The second-order valence-electron chi connectivity index (χ2n) is 7.11. The first-order valence-electron chi connectivity index (χ1n) is 9.74. The second kappa shape index (κ2) is 7.40. The van der Waals surface area contributed by atoms with Crippen molar-refractivity contribution in [1.29, 1.82) is 0 Å². The monoisotopic (exact) mass is 380 g/mol. The summed E-state index contributed by atoms with van der Waals surface area (Å²) in [5.74, 6) is 0.626. The molecule has 0 bridgehead atoms. The lowest BCUT2D eigenvalue weighted by molar-refractivity contribution is 0.0735. The fraction of sp³-hybridized carbons (Fsp3) is 0.120. The van der Waals surface area contributed by atoms with Gasteiger partial charge < -0.3 is 9.64 Å². The Bertz CT molecular complexity index is 1180. The Kier molecular flexibility index (Phi) is 4.45. The van der Waals surface area contributed by atoms with Crippen LogP contribution in [0.15, 0.2) is 85.1 Å². The molecular formula is C25H20N2O2. The summed E-state index contributed by atoms with van der Waals surface area (Å²) < 4.78 is 5.91. The van der Waals surface area contributed by atoms with Gasteiger partial charge in [0.1, 0.15) is 6.61 Å². The van der Waals surface area contributed by atoms with Gasteiger partial charge in [-0.05, 0) is 34.0 Å².